The van der Waals surface area contributed by atoms with Crippen molar-refractivity contribution in [2.75, 3.05) is 44.2 Å². The molecule has 1 atom stereocenters. The molecule has 0 radical (unpaired) electrons. The maximum Gasteiger partial charge on any atom is 0.223 e. The molecule has 0 bridgehead atoms. The van der Waals surface area contributed by atoms with Crippen molar-refractivity contribution < 1.29 is 4.79 Å². The Morgan fingerprint density at radius 1 is 0.871 bits per heavy atom. The van der Waals surface area contributed by atoms with Crippen LogP contribution in [-0.4, -0.2) is 64.5 Å². The van der Waals surface area contributed by atoms with Gasteiger partial charge in [0.1, 0.15) is 5.82 Å². The topological polar surface area (TPSA) is 44.6 Å². The molecule has 1 unspecified atom stereocenters. The van der Waals surface area contributed by atoms with Crippen molar-refractivity contribution in [3.05, 3.63) is 84.3 Å². The highest BCUT2D eigenvalue weighted by molar-refractivity contribution is 5.76. The van der Waals surface area contributed by atoms with Gasteiger partial charge in [0.05, 0.1) is 6.04 Å². The van der Waals surface area contributed by atoms with Crippen LogP contribution in [0.25, 0.3) is 0 Å². The molecule has 2 aliphatic rings. The van der Waals surface area contributed by atoms with E-state index in [0.29, 0.717) is 6.42 Å². The highest BCUT2D eigenvalue weighted by atomic mass is 16.2. The van der Waals surface area contributed by atoms with Crippen LogP contribution < -0.4 is 4.90 Å². The van der Waals surface area contributed by atoms with E-state index >= 15 is 0 Å². The minimum atomic E-state index is 0.207. The number of hydrogen-bond acceptors (Lipinski definition) is 4. The molecule has 31 heavy (non-hydrogen) atoms. The van der Waals surface area contributed by atoms with Crippen molar-refractivity contribution in [2.45, 2.75) is 19.0 Å². The molecular weight excluding hydrogens is 386 g/mol. The quantitative estimate of drug-likeness (QED) is 0.643. The standard InChI is InChI=1S/C25H29N5O/c31-24(29-18-16-28(17-19-29)23-10-4-5-12-26-23)11-14-30-20-15-27-13-6-9-22(27)25(30)21-7-2-1-3-8-21/h1-10,12-13,25H,11,14-20H2. The largest absolute Gasteiger partial charge is 0.353 e. The number of piperazine rings is 1. The third-order valence-electron chi connectivity index (χ3n) is 6.47. The molecule has 0 spiro atoms. The summed E-state index contributed by atoms with van der Waals surface area (Å²) in [6, 6.07) is 21.2. The van der Waals surface area contributed by atoms with E-state index < -0.39 is 0 Å². The summed E-state index contributed by atoms with van der Waals surface area (Å²) in [6.07, 6.45) is 4.55. The van der Waals surface area contributed by atoms with Gasteiger partial charge in [0.15, 0.2) is 0 Å². The Morgan fingerprint density at radius 2 is 1.68 bits per heavy atom. The molecular formula is C25H29N5O. The Bertz CT molecular complexity index is 995. The molecule has 6 nitrogen and oxygen atoms in total. The van der Waals surface area contributed by atoms with Gasteiger partial charge in [-0.25, -0.2) is 4.98 Å². The van der Waals surface area contributed by atoms with Crippen molar-refractivity contribution in [1.29, 1.82) is 0 Å². The first-order valence-electron chi connectivity index (χ1n) is 11.2. The lowest BCUT2D eigenvalue weighted by Crippen LogP contribution is -2.49. The fraction of sp³-hybridized carbons (Fsp3) is 0.360. The smallest absolute Gasteiger partial charge is 0.223 e. The van der Waals surface area contributed by atoms with Crippen LogP contribution in [0.2, 0.25) is 0 Å². The SMILES string of the molecule is O=C(CCN1CCn2cccc2C1c1ccccc1)N1CCN(c2ccccn2)CC1. The summed E-state index contributed by atoms with van der Waals surface area (Å²) < 4.78 is 2.34. The van der Waals surface area contributed by atoms with Crippen LogP contribution in [0, 0.1) is 0 Å². The van der Waals surface area contributed by atoms with Crippen LogP contribution in [0.4, 0.5) is 5.82 Å². The second-order valence-electron chi connectivity index (χ2n) is 8.28. The van der Waals surface area contributed by atoms with Gasteiger partial charge in [-0.15, -0.1) is 0 Å². The first-order chi connectivity index (χ1) is 15.3. The number of hydrogen-bond donors (Lipinski definition) is 0. The zero-order valence-corrected chi connectivity index (χ0v) is 17.8. The average Bonchev–Trinajstić information content (AvgIpc) is 3.32. The lowest BCUT2D eigenvalue weighted by molar-refractivity contribution is -0.132. The summed E-state index contributed by atoms with van der Waals surface area (Å²) in [4.78, 5) is 24.2. The molecule has 6 heteroatoms. The van der Waals surface area contributed by atoms with Gasteiger partial charge in [0.25, 0.3) is 0 Å². The highest BCUT2D eigenvalue weighted by Gasteiger charge is 2.29. The fourth-order valence-corrected chi connectivity index (χ4v) is 4.81. The molecule has 4 heterocycles. The molecule has 2 aromatic heterocycles. The van der Waals surface area contributed by atoms with E-state index in [9.17, 15) is 4.79 Å². The molecule has 5 rings (SSSR count). The first kappa shape index (κ1) is 19.8. The van der Waals surface area contributed by atoms with Crippen molar-refractivity contribution in [3.63, 3.8) is 0 Å². The maximum absolute atomic E-state index is 13.0. The van der Waals surface area contributed by atoms with Crippen LogP contribution in [0.15, 0.2) is 73.1 Å². The van der Waals surface area contributed by atoms with E-state index in [1.165, 1.54) is 11.3 Å². The molecule has 1 fully saturated rings. The second-order valence-corrected chi connectivity index (χ2v) is 8.28. The summed E-state index contributed by atoms with van der Waals surface area (Å²) in [6.45, 7) is 5.93. The third-order valence-corrected chi connectivity index (χ3v) is 6.47. The van der Waals surface area contributed by atoms with Crippen molar-refractivity contribution in [3.8, 4) is 0 Å². The Labute approximate surface area is 183 Å². The molecule has 0 N–H and O–H groups in total. The zero-order valence-electron chi connectivity index (χ0n) is 17.8. The monoisotopic (exact) mass is 415 g/mol. The number of benzene rings is 1. The van der Waals surface area contributed by atoms with Crippen LogP contribution in [0.3, 0.4) is 0 Å². The third kappa shape index (κ3) is 4.21. The van der Waals surface area contributed by atoms with Gasteiger partial charge in [0, 0.05) is 70.3 Å². The predicted octanol–water partition coefficient (Wildman–Crippen LogP) is 3.03. The molecule has 2 aliphatic heterocycles. The summed E-state index contributed by atoms with van der Waals surface area (Å²) >= 11 is 0. The number of pyridine rings is 1. The van der Waals surface area contributed by atoms with E-state index in [4.69, 9.17) is 0 Å². The minimum absolute atomic E-state index is 0.207. The Hall–Kier alpha value is -3.12. The van der Waals surface area contributed by atoms with Gasteiger partial charge in [-0.05, 0) is 29.8 Å². The molecule has 0 aliphatic carbocycles. The minimum Gasteiger partial charge on any atom is -0.353 e. The molecule has 3 aromatic rings. The van der Waals surface area contributed by atoms with E-state index in [1.807, 2.05) is 29.3 Å². The summed E-state index contributed by atoms with van der Waals surface area (Å²) in [5.74, 6) is 1.25. The zero-order chi connectivity index (χ0) is 21.0. The molecule has 1 aromatic carbocycles. The normalized spacial score (nSPS) is 19.3. The lowest BCUT2D eigenvalue weighted by Gasteiger charge is -2.38. The summed E-state index contributed by atoms with van der Waals surface area (Å²) in [7, 11) is 0. The number of anilines is 1. The average molecular weight is 416 g/mol. The van der Waals surface area contributed by atoms with Crippen molar-refractivity contribution >= 4 is 11.7 Å². The number of carbonyl (C=O) groups is 1. The molecule has 1 saturated heterocycles. The fourth-order valence-electron chi connectivity index (χ4n) is 4.81. The summed E-state index contributed by atoms with van der Waals surface area (Å²) in [5.41, 5.74) is 2.60. The summed E-state index contributed by atoms with van der Waals surface area (Å²) in [5, 5.41) is 0. The van der Waals surface area contributed by atoms with Gasteiger partial charge in [0.2, 0.25) is 5.91 Å². The maximum atomic E-state index is 13.0. The Kier molecular flexibility index (Phi) is 5.71. The van der Waals surface area contributed by atoms with Crippen LogP contribution in [-0.2, 0) is 11.3 Å². The number of rotatable bonds is 5. The van der Waals surface area contributed by atoms with E-state index in [1.54, 1.807) is 0 Å². The van der Waals surface area contributed by atoms with Crippen LogP contribution in [0.1, 0.15) is 23.7 Å². The van der Waals surface area contributed by atoms with E-state index in [-0.39, 0.29) is 11.9 Å². The van der Waals surface area contributed by atoms with Crippen molar-refractivity contribution in [2.24, 2.45) is 0 Å². The molecule has 160 valence electrons. The van der Waals surface area contributed by atoms with Gasteiger partial charge in [-0.2, -0.15) is 0 Å². The number of nitrogens with zero attached hydrogens (tertiary/aromatic N) is 5. The number of carbonyl (C=O) groups excluding carboxylic acids is 1. The van der Waals surface area contributed by atoms with Crippen molar-refractivity contribution in [1.82, 2.24) is 19.4 Å². The Morgan fingerprint density at radius 3 is 2.45 bits per heavy atom. The van der Waals surface area contributed by atoms with E-state index in [0.717, 1.165) is 51.6 Å². The number of amides is 1. The van der Waals surface area contributed by atoms with Gasteiger partial charge < -0.3 is 14.4 Å². The second kappa shape index (κ2) is 8.94. The molecule has 0 saturated carbocycles. The number of aromatic nitrogens is 2. The van der Waals surface area contributed by atoms with Gasteiger partial charge in [-0.1, -0.05) is 36.4 Å². The number of fused-ring (bicyclic) bond motifs is 1. The Balaban J connectivity index is 1.21. The lowest BCUT2D eigenvalue weighted by atomic mass is 9.99. The van der Waals surface area contributed by atoms with Crippen LogP contribution >= 0.6 is 0 Å². The van der Waals surface area contributed by atoms with E-state index in [2.05, 4.69) is 68.0 Å². The predicted molar refractivity (Wildman–Crippen MR) is 122 cm³/mol. The van der Waals surface area contributed by atoms with Gasteiger partial charge in [-0.3, -0.25) is 9.69 Å². The highest BCUT2D eigenvalue weighted by Crippen LogP contribution is 2.32. The molecule has 1 amide bonds. The first-order valence-corrected chi connectivity index (χ1v) is 11.2. The van der Waals surface area contributed by atoms with Crippen LogP contribution in [0.5, 0.6) is 0 Å². The van der Waals surface area contributed by atoms with Gasteiger partial charge >= 0.3 is 0 Å².